The van der Waals surface area contributed by atoms with E-state index in [1.54, 1.807) is 0 Å². The number of carbonyl (C=O) groups excluding carboxylic acids is 2. The van der Waals surface area contributed by atoms with Crippen LogP contribution in [0.25, 0.3) is 0 Å². The van der Waals surface area contributed by atoms with E-state index < -0.39 is 6.04 Å². The molecule has 3 N–H and O–H groups in total. The second-order valence-electron chi connectivity index (χ2n) is 5.54. The number of amides is 2. The number of para-hydroxylation sites is 1. The normalized spacial score (nSPS) is 21.2. The van der Waals surface area contributed by atoms with Crippen molar-refractivity contribution in [2.24, 2.45) is 0 Å². The Morgan fingerprint density at radius 1 is 1.32 bits per heavy atom. The first-order valence-corrected chi connectivity index (χ1v) is 7.48. The van der Waals surface area contributed by atoms with Gasteiger partial charge in [-0.1, -0.05) is 18.2 Å². The Morgan fingerprint density at radius 2 is 2.00 bits per heavy atom. The highest BCUT2D eigenvalue weighted by molar-refractivity contribution is 5.96. The average Bonchev–Trinajstić information content (AvgIpc) is 2.49. The van der Waals surface area contributed by atoms with Crippen molar-refractivity contribution >= 4 is 17.5 Å². The molecule has 1 saturated heterocycles. The number of benzene rings is 1. The first-order valence-electron chi connectivity index (χ1n) is 7.48. The molecule has 1 aliphatic heterocycles. The van der Waals surface area contributed by atoms with Crippen LogP contribution in [0.4, 0.5) is 5.69 Å². The van der Waals surface area contributed by atoms with Crippen LogP contribution in [0.2, 0.25) is 0 Å². The molecule has 6 heteroatoms. The van der Waals surface area contributed by atoms with Crippen LogP contribution in [0.1, 0.15) is 18.1 Å². The molecule has 0 aliphatic carbocycles. The Balaban J connectivity index is 1.86. The van der Waals surface area contributed by atoms with Crippen LogP contribution in [0, 0.1) is 13.8 Å². The van der Waals surface area contributed by atoms with Crippen molar-refractivity contribution in [3.05, 3.63) is 29.3 Å². The number of rotatable bonds is 4. The highest BCUT2D eigenvalue weighted by Crippen LogP contribution is 2.18. The van der Waals surface area contributed by atoms with Crippen molar-refractivity contribution in [1.82, 2.24) is 10.6 Å². The van der Waals surface area contributed by atoms with Gasteiger partial charge in [-0.25, -0.2) is 0 Å². The van der Waals surface area contributed by atoms with Crippen LogP contribution in [-0.2, 0) is 14.3 Å². The van der Waals surface area contributed by atoms with Crippen LogP contribution >= 0.6 is 0 Å². The lowest BCUT2D eigenvalue weighted by Crippen LogP contribution is -2.56. The van der Waals surface area contributed by atoms with Gasteiger partial charge in [0.25, 0.3) is 0 Å². The van der Waals surface area contributed by atoms with Gasteiger partial charge in [0.05, 0.1) is 19.3 Å². The second kappa shape index (κ2) is 7.38. The summed E-state index contributed by atoms with van der Waals surface area (Å²) in [4.78, 5) is 24.1. The van der Waals surface area contributed by atoms with Crippen LogP contribution in [0.15, 0.2) is 18.2 Å². The maximum Gasteiger partial charge on any atom is 0.243 e. The van der Waals surface area contributed by atoms with Crippen molar-refractivity contribution in [2.75, 3.05) is 25.0 Å². The molecule has 0 saturated carbocycles. The minimum absolute atomic E-state index is 0.0580. The monoisotopic (exact) mass is 305 g/mol. The van der Waals surface area contributed by atoms with E-state index in [1.807, 2.05) is 39.0 Å². The zero-order valence-corrected chi connectivity index (χ0v) is 13.2. The molecule has 0 radical (unpaired) electrons. The van der Waals surface area contributed by atoms with E-state index >= 15 is 0 Å². The second-order valence-corrected chi connectivity index (χ2v) is 5.54. The van der Waals surface area contributed by atoms with Crippen molar-refractivity contribution in [2.45, 2.75) is 32.9 Å². The van der Waals surface area contributed by atoms with Crippen LogP contribution in [0.3, 0.4) is 0 Å². The van der Waals surface area contributed by atoms with Gasteiger partial charge < -0.3 is 20.7 Å². The fraction of sp³-hybridized carbons (Fsp3) is 0.500. The largest absolute Gasteiger partial charge is 0.375 e. The maximum absolute atomic E-state index is 12.1. The smallest absolute Gasteiger partial charge is 0.243 e. The summed E-state index contributed by atoms with van der Waals surface area (Å²) in [6, 6.07) is 5.40. The highest BCUT2D eigenvalue weighted by atomic mass is 16.5. The molecule has 120 valence electrons. The van der Waals surface area contributed by atoms with E-state index in [9.17, 15) is 9.59 Å². The fourth-order valence-corrected chi connectivity index (χ4v) is 2.50. The van der Waals surface area contributed by atoms with Gasteiger partial charge >= 0.3 is 0 Å². The third kappa shape index (κ3) is 4.05. The lowest BCUT2D eigenvalue weighted by atomic mass is 10.1. The van der Waals surface area contributed by atoms with E-state index in [4.69, 9.17) is 4.74 Å². The Labute approximate surface area is 130 Å². The number of anilines is 1. The van der Waals surface area contributed by atoms with Gasteiger partial charge in [-0.2, -0.15) is 0 Å². The average molecular weight is 305 g/mol. The van der Waals surface area contributed by atoms with Gasteiger partial charge in [-0.05, 0) is 31.9 Å². The molecule has 2 atom stereocenters. The summed E-state index contributed by atoms with van der Waals surface area (Å²) in [6.45, 7) is 6.89. The van der Waals surface area contributed by atoms with E-state index in [-0.39, 0.29) is 24.5 Å². The summed E-state index contributed by atoms with van der Waals surface area (Å²) in [5.41, 5.74) is 2.79. The number of hydrogen-bond acceptors (Lipinski definition) is 4. The van der Waals surface area contributed by atoms with Crippen molar-refractivity contribution in [3.8, 4) is 0 Å². The molecule has 0 unspecified atom stereocenters. The predicted molar refractivity (Wildman–Crippen MR) is 84.8 cm³/mol. The van der Waals surface area contributed by atoms with Crippen LogP contribution in [-0.4, -0.2) is 43.7 Å². The highest BCUT2D eigenvalue weighted by Gasteiger charge is 2.28. The van der Waals surface area contributed by atoms with Gasteiger partial charge in [0.2, 0.25) is 11.8 Å². The maximum atomic E-state index is 12.1. The lowest BCUT2D eigenvalue weighted by Gasteiger charge is -2.29. The molecule has 1 heterocycles. The SMILES string of the molecule is Cc1cccc(C)c1NC(=O)CNC(=O)[C@H]1NCCO[C@@H]1C. The van der Waals surface area contributed by atoms with E-state index in [0.29, 0.717) is 13.2 Å². The molecule has 2 amide bonds. The van der Waals surface area contributed by atoms with Crippen molar-refractivity contribution < 1.29 is 14.3 Å². The minimum atomic E-state index is -0.415. The van der Waals surface area contributed by atoms with Gasteiger partial charge in [0.15, 0.2) is 0 Å². The van der Waals surface area contributed by atoms with Gasteiger partial charge in [0, 0.05) is 12.2 Å². The Hall–Kier alpha value is -1.92. The van der Waals surface area contributed by atoms with Crippen molar-refractivity contribution in [1.29, 1.82) is 0 Å². The quantitative estimate of drug-likeness (QED) is 0.766. The summed E-state index contributed by atoms with van der Waals surface area (Å²) in [5.74, 6) is -0.459. The summed E-state index contributed by atoms with van der Waals surface area (Å²) in [7, 11) is 0. The molecule has 0 spiro atoms. The Bertz CT molecular complexity index is 539. The lowest BCUT2D eigenvalue weighted by molar-refractivity contribution is -0.130. The number of aryl methyl sites for hydroxylation is 2. The van der Waals surface area contributed by atoms with Gasteiger partial charge in [-0.3, -0.25) is 9.59 Å². The number of hydrogen-bond donors (Lipinski definition) is 3. The number of carbonyl (C=O) groups is 2. The topological polar surface area (TPSA) is 79.5 Å². The molecule has 22 heavy (non-hydrogen) atoms. The van der Waals surface area contributed by atoms with Crippen LogP contribution in [0.5, 0.6) is 0 Å². The summed E-state index contributed by atoms with van der Waals surface area (Å²) in [5, 5.41) is 8.58. The number of nitrogens with one attached hydrogen (secondary N) is 3. The molecule has 1 aromatic rings. The van der Waals surface area contributed by atoms with E-state index in [2.05, 4.69) is 16.0 Å². The molecule has 2 rings (SSSR count). The van der Waals surface area contributed by atoms with Crippen LogP contribution < -0.4 is 16.0 Å². The molecule has 6 nitrogen and oxygen atoms in total. The minimum Gasteiger partial charge on any atom is -0.375 e. The van der Waals surface area contributed by atoms with Gasteiger partial charge in [-0.15, -0.1) is 0 Å². The molecule has 0 aromatic heterocycles. The summed E-state index contributed by atoms with van der Waals surface area (Å²) >= 11 is 0. The Kier molecular flexibility index (Phi) is 5.51. The van der Waals surface area contributed by atoms with E-state index in [0.717, 1.165) is 16.8 Å². The Morgan fingerprint density at radius 3 is 2.64 bits per heavy atom. The fourth-order valence-electron chi connectivity index (χ4n) is 2.50. The zero-order valence-electron chi connectivity index (χ0n) is 13.2. The first kappa shape index (κ1) is 16.5. The molecular weight excluding hydrogens is 282 g/mol. The third-order valence-electron chi connectivity index (χ3n) is 3.77. The number of ether oxygens (including phenoxy) is 1. The van der Waals surface area contributed by atoms with Crippen molar-refractivity contribution in [3.63, 3.8) is 0 Å². The molecule has 0 bridgehead atoms. The summed E-state index contributed by atoms with van der Waals surface area (Å²) in [6.07, 6.45) is -0.199. The first-order chi connectivity index (χ1) is 10.5. The molecule has 1 aliphatic rings. The molecule has 1 aromatic carbocycles. The molecular formula is C16H23N3O3. The van der Waals surface area contributed by atoms with E-state index in [1.165, 1.54) is 0 Å². The third-order valence-corrected chi connectivity index (χ3v) is 3.77. The molecule has 1 fully saturated rings. The summed E-state index contributed by atoms with van der Waals surface area (Å²) < 4.78 is 5.42. The van der Waals surface area contributed by atoms with Gasteiger partial charge in [0.1, 0.15) is 6.04 Å². The number of morpholine rings is 1. The standard InChI is InChI=1S/C16H23N3O3/c1-10-5-4-6-11(2)14(10)19-13(20)9-18-16(21)15-12(3)22-8-7-17-15/h4-6,12,15,17H,7-9H2,1-3H3,(H,18,21)(H,19,20)/t12-,15+/m1/s1. The zero-order chi connectivity index (χ0) is 16.1. The predicted octanol–water partition coefficient (Wildman–Crippen LogP) is 0.735.